The van der Waals surface area contributed by atoms with Crippen molar-refractivity contribution < 1.29 is 0 Å². The fraction of sp³-hybridized carbons (Fsp3) is 0.0263. The summed E-state index contributed by atoms with van der Waals surface area (Å²) < 4.78 is 0. The van der Waals surface area contributed by atoms with E-state index in [1.165, 1.54) is 5.56 Å². The van der Waals surface area contributed by atoms with Gasteiger partial charge in [-0.2, -0.15) is 0 Å². The van der Waals surface area contributed by atoms with Crippen LogP contribution in [0, 0.1) is 0 Å². The highest BCUT2D eigenvalue weighted by Gasteiger charge is 2.34. The number of benzene rings is 5. The van der Waals surface area contributed by atoms with Crippen molar-refractivity contribution in [3.05, 3.63) is 181 Å². The molecule has 6 aromatic rings. The highest BCUT2D eigenvalue weighted by Crippen LogP contribution is 2.37. The summed E-state index contributed by atoms with van der Waals surface area (Å²) in [7, 11) is 0. The van der Waals surface area contributed by atoms with Crippen LogP contribution in [0.3, 0.4) is 0 Å². The zero-order chi connectivity index (χ0) is 28.2. The van der Waals surface area contributed by atoms with Gasteiger partial charge < -0.3 is 5.32 Å². The Balaban J connectivity index is 1.20. The van der Waals surface area contributed by atoms with E-state index in [-0.39, 0.29) is 0 Å². The molecule has 2 heterocycles. The lowest BCUT2D eigenvalue weighted by Gasteiger charge is -2.37. The Labute approximate surface area is 245 Å². The van der Waals surface area contributed by atoms with Gasteiger partial charge in [0.15, 0.2) is 11.6 Å². The standard InChI is InChI=1S/C38H28N4/c1-4-11-28(12-5-1)29-18-20-31(21-19-29)36-39-27-40-37(41-36)32-22-24-34(25-23-32)38(33-15-8-3-9-16-33)26-10-17-35(42-38)30-13-6-2-7-14-30/h1-27,42H. The maximum absolute atomic E-state index is 4.82. The summed E-state index contributed by atoms with van der Waals surface area (Å²) in [5.74, 6) is 1.29. The number of allylic oxidation sites excluding steroid dienone is 2. The molecule has 0 amide bonds. The van der Waals surface area contributed by atoms with Gasteiger partial charge in [-0.25, -0.2) is 15.0 Å². The van der Waals surface area contributed by atoms with Crippen molar-refractivity contribution in [1.82, 2.24) is 20.3 Å². The highest BCUT2D eigenvalue weighted by molar-refractivity contribution is 5.71. The molecular formula is C38H28N4. The molecule has 0 fully saturated rings. The van der Waals surface area contributed by atoms with E-state index >= 15 is 0 Å². The molecule has 1 atom stereocenters. The molecule has 0 radical (unpaired) electrons. The third-order valence-corrected chi connectivity index (χ3v) is 7.68. The van der Waals surface area contributed by atoms with Gasteiger partial charge in [-0.15, -0.1) is 0 Å². The lowest BCUT2D eigenvalue weighted by atomic mass is 9.80. The summed E-state index contributed by atoms with van der Waals surface area (Å²) in [6.07, 6.45) is 8.08. The summed E-state index contributed by atoms with van der Waals surface area (Å²) in [6, 6.07) is 48.2. The van der Waals surface area contributed by atoms with Crippen molar-refractivity contribution in [2.75, 3.05) is 0 Å². The molecule has 1 aromatic heterocycles. The van der Waals surface area contributed by atoms with Crippen LogP contribution in [-0.4, -0.2) is 15.0 Å². The Hall–Kier alpha value is -5.61. The second kappa shape index (κ2) is 11.1. The molecule has 1 N–H and O–H groups in total. The van der Waals surface area contributed by atoms with E-state index in [4.69, 9.17) is 4.98 Å². The fourth-order valence-corrected chi connectivity index (χ4v) is 5.47. The number of nitrogens with one attached hydrogen (secondary N) is 1. The predicted octanol–water partition coefficient (Wildman–Crippen LogP) is 8.32. The topological polar surface area (TPSA) is 50.7 Å². The lowest BCUT2D eigenvalue weighted by Crippen LogP contribution is -2.42. The van der Waals surface area contributed by atoms with Crippen molar-refractivity contribution in [3.8, 4) is 33.9 Å². The summed E-state index contributed by atoms with van der Waals surface area (Å²) in [5.41, 5.74) is 8.22. The molecule has 0 spiro atoms. The Bertz CT molecular complexity index is 1860. The van der Waals surface area contributed by atoms with Crippen LogP contribution in [0.4, 0.5) is 0 Å². The Morgan fingerprint density at radius 3 is 1.55 bits per heavy atom. The van der Waals surface area contributed by atoms with Crippen LogP contribution in [-0.2, 0) is 5.54 Å². The van der Waals surface area contributed by atoms with Crippen LogP contribution in [0.2, 0.25) is 0 Å². The molecule has 42 heavy (non-hydrogen) atoms. The van der Waals surface area contributed by atoms with E-state index in [0.29, 0.717) is 11.6 Å². The lowest BCUT2D eigenvalue weighted by molar-refractivity contribution is 0.580. The number of dihydropyridines is 1. The first-order valence-electron chi connectivity index (χ1n) is 14.0. The molecule has 5 aromatic carbocycles. The van der Waals surface area contributed by atoms with Gasteiger partial charge in [0.05, 0.1) is 0 Å². The van der Waals surface area contributed by atoms with Crippen molar-refractivity contribution in [2.24, 2.45) is 0 Å². The SMILES string of the molecule is C1=CC(c2ccccc2)(c2ccc(-c3ncnc(-c4ccc(-c5ccccc5)cc4)n3)cc2)NC(c2ccccc2)=C1. The molecule has 7 rings (SSSR count). The molecule has 0 saturated heterocycles. The minimum Gasteiger partial charge on any atom is -0.368 e. The monoisotopic (exact) mass is 540 g/mol. The van der Waals surface area contributed by atoms with E-state index < -0.39 is 5.54 Å². The van der Waals surface area contributed by atoms with E-state index in [2.05, 4.69) is 143 Å². The molecule has 0 saturated carbocycles. The van der Waals surface area contributed by atoms with E-state index in [1.807, 2.05) is 30.3 Å². The molecule has 4 heteroatoms. The van der Waals surface area contributed by atoms with Gasteiger partial charge in [0.25, 0.3) is 0 Å². The summed E-state index contributed by atoms with van der Waals surface area (Å²) in [5, 5.41) is 3.86. The third-order valence-electron chi connectivity index (χ3n) is 7.68. The van der Waals surface area contributed by atoms with Crippen LogP contribution in [0.1, 0.15) is 16.7 Å². The van der Waals surface area contributed by atoms with E-state index in [1.54, 1.807) is 6.33 Å². The minimum absolute atomic E-state index is 0.523. The smallest absolute Gasteiger partial charge is 0.163 e. The minimum atomic E-state index is -0.523. The average molecular weight is 541 g/mol. The van der Waals surface area contributed by atoms with Gasteiger partial charge in [0.1, 0.15) is 11.9 Å². The Morgan fingerprint density at radius 2 is 0.929 bits per heavy atom. The van der Waals surface area contributed by atoms with Gasteiger partial charge >= 0.3 is 0 Å². The van der Waals surface area contributed by atoms with Crippen LogP contribution < -0.4 is 5.32 Å². The van der Waals surface area contributed by atoms with Crippen molar-refractivity contribution >= 4 is 5.70 Å². The molecule has 200 valence electrons. The van der Waals surface area contributed by atoms with Gasteiger partial charge in [0.2, 0.25) is 0 Å². The first-order chi connectivity index (χ1) is 20.8. The second-order valence-corrected chi connectivity index (χ2v) is 10.3. The van der Waals surface area contributed by atoms with Crippen LogP contribution >= 0.6 is 0 Å². The second-order valence-electron chi connectivity index (χ2n) is 10.3. The summed E-state index contributed by atoms with van der Waals surface area (Å²) in [6.45, 7) is 0. The van der Waals surface area contributed by atoms with Gasteiger partial charge in [-0.1, -0.05) is 152 Å². The third kappa shape index (κ3) is 4.91. The first kappa shape index (κ1) is 25.4. The molecular weight excluding hydrogens is 512 g/mol. The quantitative estimate of drug-likeness (QED) is 0.231. The maximum atomic E-state index is 4.82. The normalized spacial score (nSPS) is 16.0. The number of hydrogen-bond donors (Lipinski definition) is 1. The van der Waals surface area contributed by atoms with Gasteiger partial charge in [-0.3, -0.25) is 0 Å². The highest BCUT2D eigenvalue weighted by atomic mass is 15.0. The first-order valence-corrected chi connectivity index (χ1v) is 14.0. The zero-order valence-electron chi connectivity index (χ0n) is 22.9. The Morgan fingerprint density at radius 1 is 0.452 bits per heavy atom. The Kier molecular flexibility index (Phi) is 6.71. The van der Waals surface area contributed by atoms with Crippen LogP contribution in [0.25, 0.3) is 39.6 Å². The molecule has 4 nitrogen and oxygen atoms in total. The van der Waals surface area contributed by atoms with Crippen molar-refractivity contribution in [3.63, 3.8) is 0 Å². The number of rotatable bonds is 6. The average Bonchev–Trinajstić information content (AvgIpc) is 3.10. The van der Waals surface area contributed by atoms with Crippen LogP contribution in [0.15, 0.2) is 164 Å². The molecule has 1 aliphatic rings. The number of aromatic nitrogens is 3. The largest absolute Gasteiger partial charge is 0.368 e. The summed E-state index contributed by atoms with van der Waals surface area (Å²) in [4.78, 5) is 13.8. The van der Waals surface area contributed by atoms with E-state index in [9.17, 15) is 0 Å². The number of nitrogens with zero attached hydrogens (tertiary/aromatic N) is 3. The van der Waals surface area contributed by atoms with Crippen molar-refractivity contribution in [2.45, 2.75) is 5.54 Å². The molecule has 0 aliphatic carbocycles. The van der Waals surface area contributed by atoms with E-state index in [0.717, 1.165) is 39.1 Å². The van der Waals surface area contributed by atoms with Gasteiger partial charge in [0, 0.05) is 16.8 Å². The summed E-state index contributed by atoms with van der Waals surface area (Å²) >= 11 is 0. The molecule has 1 aliphatic heterocycles. The predicted molar refractivity (Wildman–Crippen MR) is 170 cm³/mol. The van der Waals surface area contributed by atoms with Crippen molar-refractivity contribution in [1.29, 1.82) is 0 Å². The van der Waals surface area contributed by atoms with Crippen LogP contribution in [0.5, 0.6) is 0 Å². The fourth-order valence-electron chi connectivity index (χ4n) is 5.47. The van der Waals surface area contributed by atoms with Gasteiger partial charge in [-0.05, 0) is 33.9 Å². The maximum Gasteiger partial charge on any atom is 0.163 e. The molecule has 1 unspecified atom stereocenters. The zero-order valence-corrected chi connectivity index (χ0v) is 22.9. The molecule has 0 bridgehead atoms. The number of hydrogen-bond acceptors (Lipinski definition) is 4.